The minimum absolute atomic E-state index is 0.185. The second-order valence-corrected chi connectivity index (χ2v) is 4.47. The van der Waals surface area contributed by atoms with Crippen LogP contribution < -0.4 is 10.7 Å². The predicted molar refractivity (Wildman–Crippen MR) is 74.6 cm³/mol. The van der Waals surface area contributed by atoms with Crippen molar-refractivity contribution in [2.24, 2.45) is 5.10 Å². The van der Waals surface area contributed by atoms with Crippen molar-refractivity contribution < 1.29 is 0 Å². The van der Waals surface area contributed by atoms with E-state index in [4.69, 9.17) is 10.5 Å². The van der Waals surface area contributed by atoms with Crippen LogP contribution >= 0.6 is 0 Å². The fourth-order valence-electron chi connectivity index (χ4n) is 2.19. The molecule has 0 spiro atoms. The van der Waals surface area contributed by atoms with Gasteiger partial charge in [-0.05, 0) is 25.0 Å². The average molecular weight is 253 g/mol. The summed E-state index contributed by atoms with van der Waals surface area (Å²) < 4.78 is 0. The van der Waals surface area contributed by atoms with Crippen molar-refractivity contribution in [3.63, 3.8) is 0 Å². The minimum atomic E-state index is -0.185. The number of benzene rings is 1. The number of para-hydroxylation sites is 2. The fraction of sp³-hybridized carbons (Fsp3) is 0.357. The number of hydrogen-bond donors (Lipinski definition) is 2. The summed E-state index contributed by atoms with van der Waals surface area (Å²) >= 11 is 0. The Hall–Kier alpha value is -2.53. The van der Waals surface area contributed by atoms with Gasteiger partial charge < -0.3 is 5.32 Å². The zero-order valence-corrected chi connectivity index (χ0v) is 10.6. The van der Waals surface area contributed by atoms with Crippen LogP contribution in [0.3, 0.4) is 0 Å². The molecule has 2 rings (SSSR count). The molecule has 96 valence electrons. The quantitative estimate of drug-likeness (QED) is 0.638. The standard InChI is InChI=1S/C14H15N5/c15-9-12(10-16)18-19-14-8-4-3-7-13(14)17-11-5-1-2-6-11/h3-4,7-8,11,17,19H,1-2,5-6H2. The number of hydrogen-bond acceptors (Lipinski definition) is 5. The smallest absolute Gasteiger partial charge is 0.237 e. The van der Waals surface area contributed by atoms with Gasteiger partial charge in [-0.25, -0.2) is 0 Å². The highest BCUT2D eigenvalue weighted by molar-refractivity contribution is 6.10. The van der Waals surface area contributed by atoms with E-state index in [1.165, 1.54) is 25.7 Å². The van der Waals surface area contributed by atoms with Gasteiger partial charge >= 0.3 is 0 Å². The molecule has 0 radical (unpaired) electrons. The maximum atomic E-state index is 8.64. The van der Waals surface area contributed by atoms with Gasteiger partial charge in [0.15, 0.2) is 0 Å². The van der Waals surface area contributed by atoms with Crippen molar-refractivity contribution in [1.82, 2.24) is 0 Å². The molecule has 0 aromatic heterocycles. The molecule has 1 aromatic carbocycles. The van der Waals surface area contributed by atoms with Crippen LogP contribution in [-0.4, -0.2) is 11.8 Å². The van der Waals surface area contributed by atoms with E-state index in [0.717, 1.165) is 11.4 Å². The Labute approximate surface area is 112 Å². The number of nitrogens with one attached hydrogen (secondary N) is 2. The van der Waals surface area contributed by atoms with Gasteiger partial charge in [-0.15, -0.1) is 0 Å². The summed E-state index contributed by atoms with van der Waals surface area (Å²) in [5.74, 6) is 0. The van der Waals surface area contributed by atoms with Crippen molar-refractivity contribution in [2.45, 2.75) is 31.7 Å². The molecule has 5 nitrogen and oxygen atoms in total. The first-order chi connectivity index (χ1) is 9.33. The Bertz CT molecular complexity index is 528. The first kappa shape index (κ1) is 12.9. The summed E-state index contributed by atoms with van der Waals surface area (Å²) in [4.78, 5) is 0. The Kier molecular flexibility index (Phi) is 4.36. The molecule has 5 heteroatoms. The minimum Gasteiger partial charge on any atom is -0.381 e. The van der Waals surface area contributed by atoms with Crippen LogP contribution in [0.2, 0.25) is 0 Å². The molecular formula is C14H15N5. The maximum Gasteiger partial charge on any atom is 0.237 e. The number of rotatable bonds is 4. The highest BCUT2D eigenvalue weighted by Crippen LogP contribution is 2.27. The monoisotopic (exact) mass is 253 g/mol. The maximum absolute atomic E-state index is 8.64. The highest BCUT2D eigenvalue weighted by Gasteiger charge is 2.15. The lowest BCUT2D eigenvalue weighted by Crippen LogP contribution is -2.15. The van der Waals surface area contributed by atoms with E-state index >= 15 is 0 Å². The summed E-state index contributed by atoms with van der Waals surface area (Å²) in [7, 11) is 0. The average Bonchev–Trinajstić information content (AvgIpc) is 2.94. The third kappa shape index (κ3) is 3.46. The molecule has 0 amide bonds. The van der Waals surface area contributed by atoms with Crippen LogP contribution in [0, 0.1) is 22.7 Å². The number of hydrazone groups is 1. The van der Waals surface area contributed by atoms with Crippen LogP contribution in [0.5, 0.6) is 0 Å². The van der Waals surface area contributed by atoms with Gasteiger partial charge in [-0.1, -0.05) is 25.0 Å². The Morgan fingerprint density at radius 2 is 1.74 bits per heavy atom. The Morgan fingerprint density at radius 3 is 2.37 bits per heavy atom. The van der Waals surface area contributed by atoms with Crippen LogP contribution in [0.25, 0.3) is 0 Å². The lowest BCUT2D eigenvalue weighted by molar-refractivity contribution is 0.756. The van der Waals surface area contributed by atoms with Gasteiger partial charge in [0.25, 0.3) is 0 Å². The third-order valence-corrected chi connectivity index (χ3v) is 3.14. The second-order valence-electron chi connectivity index (χ2n) is 4.47. The molecule has 0 heterocycles. The molecule has 0 saturated heterocycles. The van der Waals surface area contributed by atoms with E-state index in [-0.39, 0.29) is 5.71 Å². The fourth-order valence-corrected chi connectivity index (χ4v) is 2.19. The van der Waals surface area contributed by atoms with E-state index in [9.17, 15) is 0 Å². The molecule has 0 aliphatic heterocycles. The van der Waals surface area contributed by atoms with E-state index in [1.807, 2.05) is 24.3 Å². The lowest BCUT2D eigenvalue weighted by Gasteiger charge is -2.16. The Balaban J connectivity index is 2.10. The molecule has 2 N–H and O–H groups in total. The third-order valence-electron chi connectivity index (χ3n) is 3.14. The first-order valence-electron chi connectivity index (χ1n) is 6.33. The summed E-state index contributed by atoms with van der Waals surface area (Å²) in [5.41, 5.74) is 4.31. The summed E-state index contributed by atoms with van der Waals surface area (Å²) in [6.07, 6.45) is 4.88. The molecule has 1 saturated carbocycles. The van der Waals surface area contributed by atoms with Crippen molar-refractivity contribution in [2.75, 3.05) is 10.7 Å². The molecule has 1 fully saturated rings. The molecule has 1 aliphatic rings. The van der Waals surface area contributed by atoms with Gasteiger partial charge in [-0.2, -0.15) is 15.6 Å². The molecule has 0 atom stereocenters. The zero-order valence-electron chi connectivity index (χ0n) is 10.6. The normalized spacial score (nSPS) is 14.2. The number of anilines is 2. The molecule has 0 unspecified atom stereocenters. The van der Waals surface area contributed by atoms with Gasteiger partial charge in [-0.3, -0.25) is 5.43 Å². The van der Waals surface area contributed by atoms with E-state index in [2.05, 4.69) is 15.8 Å². The van der Waals surface area contributed by atoms with Crippen molar-refractivity contribution in [3.8, 4) is 12.1 Å². The summed E-state index contributed by atoms with van der Waals surface area (Å²) in [6, 6.07) is 11.6. The van der Waals surface area contributed by atoms with Gasteiger partial charge in [0, 0.05) is 6.04 Å². The number of nitriles is 2. The lowest BCUT2D eigenvalue weighted by atomic mass is 10.2. The topological polar surface area (TPSA) is 84.0 Å². The predicted octanol–water partition coefficient (Wildman–Crippen LogP) is 2.86. The molecule has 0 bridgehead atoms. The van der Waals surface area contributed by atoms with Gasteiger partial charge in [0.05, 0.1) is 11.4 Å². The van der Waals surface area contributed by atoms with Crippen LogP contribution in [0.15, 0.2) is 29.4 Å². The van der Waals surface area contributed by atoms with Crippen LogP contribution in [-0.2, 0) is 0 Å². The van der Waals surface area contributed by atoms with Gasteiger partial charge in [0.2, 0.25) is 5.71 Å². The van der Waals surface area contributed by atoms with Crippen molar-refractivity contribution in [1.29, 1.82) is 10.5 Å². The van der Waals surface area contributed by atoms with E-state index in [1.54, 1.807) is 12.1 Å². The van der Waals surface area contributed by atoms with Gasteiger partial charge in [0.1, 0.15) is 12.1 Å². The summed E-state index contributed by atoms with van der Waals surface area (Å²) in [6.45, 7) is 0. The van der Waals surface area contributed by atoms with Crippen molar-refractivity contribution >= 4 is 17.1 Å². The largest absolute Gasteiger partial charge is 0.381 e. The van der Waals surface area contributed by atoms with Crippen molar-refractivity contribution in [3.05, 3.63) is 24.3 Å². The van der Waals surface area contributed by atoms with E-state index < -0.39 is 0 Å². The summed E-state index contributed by atoms with van der Waals surface area (Å²) in [5, 5.41) is 24.5. The molecule has 19 heavy (non-hydrogen) atoms. The molecule has 1 aromatic rings. The van der Waals surface area contributed by atoms with Crippen LogP contribution in [0.4, 0.5) is 11.4 Å². The Morgan fingerprint density at radius 1 is 1.11 bits per heavy atom. The molecular weight excluding hydrogens is 238 g/mol. The SMILES string of the molecule is N#CC(C#N)=NNc1ccccc1NC1CCCC1. The van der Waals surface area contributed by atoms with Crippen LogP contribution in [0.1, 0.15) is 25.7 Å². The first-order valence-corrected chi connectivity index (χ1v) is 6.33. The highest BCUT2D eigenvalue weighted by atomic mass is 15.3. The second kappa shape index (κ2) is 6.42. The molecule has 1 aliphatic carbocycles. The van der Waals surface area contributed by atoms with E-state index in [0.29, 0.717) is 6.04 Å². The number of nitrogens with zero attached hydrogens (tertiary/aromatic N) is 3. The zero-order chi connectivity index (χ0) is 13.5.